The molecule has 1 amide bonds. The summed E-state index contributed by atoms with van der Waals surface area (Å²) in [5, 5.41) is 5.54. The molecule has 1 aromatic carbocycles. The third-order valence-electron chi connectivity index (χ3n) is 5.81. The summed E-state index contributed by atoms with van der Waals surface area (Å²) in [7, 11) is -3.22. The molecule has 1 saturated heterocycles. The highest BCUT2D eigenvalue weighted by Crippen LogP contribution is 2.30. The van der Waals surface area contributed by atoms with Gasteiger partial charge in [0.15, 0.2) is 5.65 Å². The van der Waals surface area contributed by atoms with Crippen molar-refractivity contribution in [3.63, 3.8) is 0 Å². The Balaban J connectivity index is 1.55. The maximum absolute atomic E-state index is 12.9. The van der Waals surface area contributed by atoms with Gasteiger partial charge in [-0.2, -0.15) is 9.40 Å². The largest absolute Gasteiger partial charge is 0.338 e. The van der Waals surface area contributed by atoms with Crippen LogP contribution in [-0.4, -0.2) is 70.2 Å². The molecule has 1 aliphatic rings. The van der Waals surface area contributed by atoms with Crippen LogP contribution in [0.3, 0.4) is 0 Å². The molecule has 0 aliphatic carbocycles. The highest BCUT2D eigenvalue weighted by Gasteiger charge is 2.28. The molecule has 164 valence electrons. The van der Waals surface area contributed by atoms with E-state index in [0.717, 1.165) is 22.2 Å². The van der Waals surface area contributed by atoms with Crippen molar-refractivity contribution in [1.82, 2.24) is 24.0 Å². The van der Waals surface area contributed by atoms with Gasteiger partial charge in [0.25, 0.3) is 0 Å². The monoisotopic (exact) mass is 441 g/mol. The number of carbonyl (C=O) groups is 1. The Labute approximate surface area is 182 Å². The van der Waals surface area contributed by atoms with Crippen LogP contribution in [0.15, 0.2) is 36.5 Å². The Bertz CT molecular complexity index is 1210. The molecule has 3 heterocycles. The van der Waals surface area contributed by atoms with E-state index in [1.807, 2.05) is 13.0 Å². The van der Waals surface area contributed by atoms with Gasteiger partial charge in [0, 0.05) is 37.8 Å². The SMILES string of the molecule is CCS(=O)(=O)N1CCN(C(=O)Cn2nc(C)c3c(-c4ccc(C)cc4)ccnc32)CC1. The van der Waals surface area contributed by atoms with Crippen molar-refractivity contribution in [3.8, 4) is 11.1 Å². The lowest BCUT2D eigenvalue weighted by Crippen LogP contribution is -2.51. The van der Waals surface area contributed by atoms with Gasteiger partial charge < -0.3 is 4.90 Å². The van der Waals surface area contributed by atoms with E-state index in [1.165, 1.54) is 9.87 Å². The first-order valence-electron chi connectivity index (χ1n) is 10.4. The number of rotatable bonds is 5. The van der Waals surface area contributed by atoms with Crippen LogP contribution >= 0.6 is 0 Å². The fourth-order valence-electron chi connectivity index (χ4n) is 3.99. The average Bonchev–Trinajstić information content (AvgIpc) is 3.10. The number of pyridine rings is 1. The normalized spacial score (nSPS) is 15.5. The van der Waals surface area contributed by atoms with E-state index < -0.39 is 10.0 Å². The lowest BCUT2D eigenvalue weighted by molar-refractivity contribution is -0.133. The minimum absolute atomic E-state index is 0.0779. The minimum atomic E-state index is -3.22. The molecular weight excluding hydrogens is 414 g/mol. The molecule has 31 heavy (non-hydrogen) atoms. The number of amides is 1. The lowest BCUT2D eigenvalue weighted by atomic mass is 10.0. The predicted octanol–water partition coefficient (Wildman–Crippen LogP) is 2.21. The van der Waals surface area contributed by atoms with Gasteiger partial charge in [0.2, 0.25) is 15.9 Å². The number of piperazine rings is 1. The third kappa shape index (κ3) is 4.20. The maximum atomic E-state index is 12.9. The number of benzene rings is 1. The Kier molecular flexibility index (Phi) is 5.81. The van der Waals surface area contributed by atoms with Crippen LogP contribution in [0.4, 0.5) is 0 Å². The molecule has 0 spiro atoms. The summed E-state index contributed by atoms with van der Waals surface area (Å²) in [4.78, 5) is 19.1. The fraction of sp³-hybridized carbons (Fsp3) is 0.409. The van der Waals surface area contributed by atoms with E-state index >= 15 is 0 Å². The van der Waals surface area contributed by atoms with Crippen LogP contribution in [0.25, 0.3) is 22.2 Å². The second-order valence-electron chi connectivity index (χ2n) is 7.85. The van der Waals surface area contributed by atoms with Crippen LogP contribution in [0.2, 0.25) is 0 Å². The highest BCUT2D eigenvalue weighted by molar-refractivity contribution is 7.89. The molecule has 4 rings (SSSR count). The van der Waals surface area contributed by atoms with Crippen molar-refractivity contribution in [2.75, 3.05) is 31.9 Å². The summed E-state index contributed by atoms with van der Waals surface area (Å²) in [5.74, 6) is -0.00502. The number of carbonyl (C=O) groups excluding carboxylic acids is 1. The molecule has 0 unspecified atom stereocenters. The molecule has 0 atom stereocenters. The van der Waals surface area contributed by atoms with Crippen molar-refractivity contribution in [3.05, 3.63) is 47.8 Å². The van der Waals surface area contributed by atoms with Crippen LogP contribution in [0.5, 0.6) is 0 Å². The Hall–Kier alpha value is -2.78. The van der Waals surface area contributed by atoms with E-state index in [0.29, 0.717) is 31.8 Å². The summed E-state index contributed by atoms with van der Waals surface area (Å²) in [6.45, 7) is 7.13. The van der Waals surface area contributed by atoms with Crippen molar-refractivity contribution in [2.24, 2.45) is 0 Å². The van der Waals surface area contributed by atoms with E-state index in [-0.39, 0.29) is 18.2 Å². The summed E-state index contributed by atoms with van der Waals surface area (Å²) < 4.78 is 27.2. The molecule has 9 heteroatoms. The van der Waals surface area contributed by atoms with Gasteiger partial charge in [-0.05, 0) is 38.0 Å². The van der Waals surface area contributed by atoms with Gasteiger partial charge in [0.1, 0.15) is 6.54 Å². The molecule has 0 saturated carbocycles. The van der Waals surface area contributed by atoms with Gasteiger partial charge in [-0.25, -0.2) is 18.1 Å². The number of nitrogens with zero attached hydrogens (tertiary/aromatic N) is 5. The quantitative estimate of drug-likeness (QED) is 0.606. The number of fused-ring (bicyclic) bond motifs is 1. The first kappa shape index (κ1) is 21.5. The third-order valence-corrected chi connectivity index (χ3v) is 7.69. The summed E-state index contributed by atoms with van der Waals surface area (Å²) in [5.41, 5.74) is 4.82. The van der Waals surface area contributed by atoms with E-state index in [1.54, 1.807) is 22.7 Å². The second-order valence-corrected chi connectivity index (χ2v) is 10.1. The van der Waals surface area contributed by atoms with Crippen LogP contribution in [-0.2, 0) is 21.4 Å². The second kappa shape index (κ2) is 8.39. The van der Waals surface area contributed by atoms with Gasteiger partial charge >= 0.3 is 0 Å². The van der Waals surface area contributed by atoms with Crippen LogP contribution in [0.1, 0.15) is 18.2 Å². The van der Waals surface area contributed by atoms with E-state index in [2.05, 4.69) is 41.3 Å². The molecule has 0 N–H and O–H groups in total. The molecule has 8 nitrogen and oxygen atoms in total. The Morgan fingerprint density at radius 2 is 1.71 bits per heavy atom. The number of aromatic nitrogens is 3. The number of aryl methyl sites for hydroxylation is 2. The van der Waals surface area contributed by atoms with Crippen molar-refractivity contribution in [1.29, 1.82) is 0 Å². The minimum Gasteiger partial charge on any atom is -0.338 e. The zero-order valence-corrected chi connectivity index (χ0v) is 18.9. The predicted molar refractivity (Wildman–Crippen MR) is 120 cm³/mol. The summed E-state index contributed by atoms with van der Waals surface area (Å²) in [6.07, 6.45) is 1.74. The van der Waals surface area contributed by atoms with E-state index in [4.69, 9.17) is 0 Å². The first-order chi connectivity index (χ1) is 14.8. The lowest BCUT2D eigenvalue weighted by Gasteiger charge is -2.33. The smallest absolute Gasteiger partial charge is 0.244 e. The molecular formula is C22H27N5O3S. The van der Waals surface area contributed by atoms with E-state index in [9.17, 15) is 13.2 Å². The number of hydrogen-bond donors (Lipinski definition) is 0. The summed E-state index contributed by atoms with van der Waals surface area (Å²) in [6, 6.07) is 10.3. The van der Waals surface area contributed by atoms with Gasteiger partial charge in [-0.15, -0.1) is 0 Å². The molecule has 0 radical (unpaired) electrons. The fourth-order valence-corrected chi connectivity index (χ4v) is 5.08. The van der Waals surface area contributed by atoms with Gasteiger partial charge in [0.05, 0.1) is 11.4 Å². The number of hydrogen-bond acceptors (Lipinski definition) is 5. The Morgan fingerprint density at radius 3 is 2.35 bits per heavy atom. The van der Waals surface area contributed by atoms with Crippen molar-refractivity contribution < 1.29 is 13.2 Å². The van der Waals surface area contributed by atoms with Gasteiger partial charge in [-0.1, -0.05) is 29.8 Å². The molecule has 0 bridgehead atoms. The maximum Gasteiger partial charge on any atom is 0.244 e. The molecule has 1 fully saturated rings. The number of sulfonamides is 1. The first-order valence-corrected chi connectivity index (χ1v) is 12.1. The molecule has 3 aromatic rings. The van der Waals surface area contributed by atoms with Crippen molar-refractivity contribution >= 4 is 27.0 Å². The highest BCUT2D eigenvalue weighted by atomic mass is 32.2. The van der Waals surface area contributed by atoms with Crippen molar-refractivity contribution in [2.45, 2.75) is 27.3 Å². The zero-order valence-electron chi connectivity index (χ0n) is 18.1. The summed E-state index contributed by atoms with van der Waals surface area (Å²) >= 11 is 0. The van der Waals surface area contributed by atoms with Crippen LogP contribution in [0, 0.1) is 13.8 Å². The van der Waals surface area contributed by atoms with Crippen LogP contribution < -0.4 is 0 Å². The van der Waals surface area contributed by atoms with Gasteiger partial charge in [-0.3, -0.25) is 4.79 Å². The Morgan fingerprint density at radius 1 is 1.03 bits per heavy atom. The topological polar surface area (TPSA) is 88.4 Å². The average molecular weight is 442 g/mol. The standard InChI is InChI=1S/C22H27N5O3S/c1-4-31(29,30)26-13-11-25(12-14-26)20(28)15-27-22-21(17(3)24-27)19(9-10-23-22)18-7-5-16(2)6-8-18/h5-10H,4,11-15H2,1-3H3. The molecule has 1 aliphatic heterocycles. The zero-order chi connectivity index (χ0) is 22.2. The molecule has 2 aromatic heterocycles.